The van der Waals surface area contributed by atoms with E-state index in [0.29, 0.717) is 5.17 Å². The van der Waals surface area contributed by atoms with Crippen LogP contribution in [0.5, 0.6) is 0 Å². The average molecular weight is 345 g/mol. The predicted molar refractivity (Wildman–Crippen MR) is 95.5 cm³/mol. The Labute approximate surface area is 144 Å². The number of nitrogens with zero attached hydrogens (tertiary/aromatic N) is 3. The molecular formula is C16H19N5O2S. The van der Waals surface area contributed by atoms with Crippen LogP contribution >= 0.6 is 11.8 Å². The van der Waals surface area contributed by atoms with Gasteiger partial charge in [0.25, 0.3) is 0 Å². The molecule has 2 N–H and O–H groups in total. The molecule has 1 atom stereocenters. The molecule has 0 spiro atoms. The Hall–Kier alpha value is -2.35. The van der Waals surface area contributed by atoms with Crippen LogP contribution < -0.4 is 10.6 Å². The lowest BCUT2D eigenvalue weighted by atomic mass is 10.0. The van der Waals surface area contributed by atoms with Gasteiger partial charge in [-0.15, -0.1) is 0 Å². The van der Waals surface area contributed by atoms with Crippen molar-refractivity contribution in [2.24, 2.45) is 10.1 Å². The second kappa shape index (κ2) is 7.04. The van der Waals surface area contributed by atoms with Crippen molar-refractivity contribution in [3.63, 3.8) is 0 Å². The van der Waals surface area contributed by atoms with E-state index in [4.69, 9.17) is 0 Å². The molecule has 0 saturated carbocycles. The molecule has 0 fully saturated rings. The van der Waals surface area contributed by atoms with Crippen molar-refractivity contribution in [3.8, 4) is 0 Å². The van der Waals surface area contributed by atoms with Gasteiger partial charge >= 0.3 is 6.03 Å². The molecule has 1 aromatic carbocycles. The van der Waals surface area contributed by atoms with Crippen LogP contribution in [0.15, 0.2) is 34.4 Å². The average Bonchev–Trinajstić information content (AvgIpc) is 3.01. The molecule has 8 heteroatoms. The summed E-state index contributed by atoms with van der Waals surface area (Å²) in [6.45, 7) is 3.66. The Bertz CT molecular complexity index is 716. The fourth-order valence-electron chi connectivity index (χ4n) is 2.57. The Morgan fingerprint density at radius 3 is 2.96 bits per heavy atom. The van der Waals surface area contributed by atoms with E-state index in [9.17, 15) is 9.59 Å². The van der Waals surface area contributed by atoms with Crippen LogP contribution in [0, 0.1) is 0 Å². The van der Waals surface area contributed by atoms with Crippen molar-refractivity contribution in [2.75, 3.05) is 5.75 Å². The third kappa shape index (κ3) is 3.59. The fourth-order valence-corrected chi connectivity index (χ4v) is 3.37. The van der Waals surface area contributed by atoms with Gasteiger partial charge in [0.05, 0.1) is 17.5 Å². The number of hydrogen-bond donors (Lipinski definition) is 2. The summed E-state index contributed by atoms with van der Waals surface area (Å²) in [7, 11) is 0. The Morgan fingerprint density at radius 2 is 2.17 bits per heavy atom. The fraction of sp³-hybridized carbons (Fsp3) is 0.375. The highest BCUT2D eigenvalue weighted by Crippen LogP contribution is 2.40. The quantitative estimate of drug-likeness (QED) is 0.881. The number of nitrogens with one attached hydrogen (secondary N) is 2. The van der Waals surface area contributed by atoms with Gasteiger partial charge in [-0.3, -0.25) is 10.1 Å². The molecule has 0 bridgehead atoms. The molecule has 0 saturated heterocycles. The predicted octanol–water partition coefficient (Wildman–Crippen LogP) is 2.39. The molecule has 126 valence electrons. The summed E-state index contributed by atoms with van der Waals surface area (Å²) in [6, 6.07) is 7.57. The molecule has 0 aromatic heterocycles. The molecule has 24 heavy (non-hydrogen) atoms. The normalized spacial score (nSPS) is 18.0. The van der Waals surface area contributed by atoms with Crippen molar-refractivity contribution in [1.29, 1.82) is 0 Å². The monoisotopic (exact) mass is 345 g/mol. The van der Waals surface area contributed by atoms with E-state index in [-0.39, 0.29) is 23.7 Å². The topological polar surface area (TPSA) is 86.2 Å². The number of amidine groups is 1. The van der Waals surface area contributed by atoms with Crippen molar-refractivity contribution < 1.29 is 9.59 Å². The van der Waals surface area contributed by atoms with E-state index < -0.39 is 6.03 Å². The van der Waals surface area contributed by atoms with Gasteiger partial charge in [0.1, 0.15) is 0 Å². The van der Waals surface area contributed by atoms with Gasteiger partial charge in [0.2, 0.25) is 5.91 Å². The van der Waals surface area contributed by atoms with Crippen LogP contribution in [-0.4, -0.2) is 40.1 Å². The van der Waals surface area contributed by atoms with Gasteiger partial charge < -0.3 is 5.32 Å². The number of rotatable bonds is 3. The van der Waals surface area contributed by atoms with Crippen molar-refractivity contribution in [1.82, 2.24) is 15.6 Å². The van der Waals surface area contributed by atoms with Gasteiger partial charge in [0.15, 0.2) is 5.17 Å². The molecule has 2 aliphatic heterocycles. The molecule has 0 aliphatic carbocycles. The van der Waals surface area contributed by atoms with Crippen LogP contribution in [0.1, 0.15) is 31.9 Å². The highest BCUT2D eigenvalue weighted by molar-refractivity contribution is 8.14. The SMILES string of the molecule is CC(C)NC(=O)NC(=O)CSC1=Nc2ccccc2C2CC=NN12. The van der Waals surface area contributed by atoms with Crippen LogP contribution in [-0.2, 0) is 4.79 Å². The number of aliphatic imine (C=N–C) groups is 1. The van der Waals surface area contributed by atoms with Gasteiger partial charge in [-0.1, -0.05) is 30.0 Å². The van der Waals surface area contributed by atoms with Crippen molar-refractivity contribution in [2.45, 2.75) is 32.4 Å². The summed E-state index contributed by atoms with van der Waals surface area (Å²) in [5.74, 6) is -0.259. The second-order valence-corrected chi connectivity index (χ2v) is 6.75. The highest BCUT2D eigenvalue weighted by atomic mass is 32.2. The third-order valence-electron chi connectivity index (χ3n) is 3.54. The van der Waals surface area contributed by atoms with Gasteiger partial charge in [-0.05, 0) is 19.9 Å². The van der Waals surface area contributed by atoms with E-state index in [1.165, 1.54) is 11.8 Å². The van der Waals surface area contributed by atoms with Crippen LogP contribution in [0.25, 0.3) is 0 Å². The van der Waals surface area contributed by atoms with E-state index in [1.54, 1.807) is 0 Å². The molecule has 1 unspecified atom stereocenters. The zero-order valence-corrected chi connectivity index (χ0v) is 14.3. The minimum Gasteiger partial charge on any atom is -0.336 e. The number of thioether (sulfide) groups is 1. The second-order valence-electron chi connectivity index (χ2n) is 5.81. The standard InChI is InChI=1S/C16H19N5O2S/c1-10(2)18-15(23)20-14(22)9-24-16-19-12-6-4-3-5-11(12)13-7-8-17-21(13)16/h3-6,8,10,13H,7,9H2,1-2H3,(H2,18,20,22,23). The smallest absolute Gasteiger partial charge is 0.321 e. The number of hydrogen-bond acceptors (Lipinski definition) is 6. The van der Waals surface area contributed by atoms with Crippen LogP contribution in [0.3, 0.4) is 0 Å². The van der Waals surface area contributed by atoms with E-state index in [1.807, 2.05) is 43.3 Å². The Kier molecular flexibility index (Phi) is 4.84. The van der Waals surface area contributed by atoms with E-state index in [2.05, 4.69) is 26.8 Å². The molecule has 3 amide bonds. The van der Waals surface area contributed by atoms with Gasteiger partial charge in [-0.25, -0.2) is 14.8 Å². The number of para-hydroxylation sites is 1. The number of hydrazone groups is 1. The summed E-state index contributed by atoms with van der Waals surface area (Å²) in [5.41, 5.74) is 2.05. The first-order chi connectivity index (χ1) is 11.5. The summed E-state index contributed by atoms with van der Waals surface area (Å²) >= 11 is 1.28. The lowest BCUT2D eigenvalue weighted by Gasteiger charge is -2.29. The summed E-state index contributed by atoms with van der Waals surface area (Å²) < 4.78 is 0. The lowest BCUT2D eigenvalue weighted by Crippen LogP contribution is -2.43. The molecule has 2 heterocycles. The summed E-state index contributed by atoms with van der Waals surface area (Å²) in [5, 5.41) is 11.8. The highest BCUT2D eigenvalue weighted by Gasteiger charge is 2.32. The molecular weight excluding hydrogens is 326 g/mol. The Morgan fingerprint density at radius 1 is 1.38 bits per heavy atom. The maximum atomic E-state index is 11.9. The molecule has 1 aromatic rings. The number of carbonyl (C=O) groups is 2. The largest absolute Gasteiger partial charge is 0.336 e. The van der Waals surface area contributed by atoms with Crippen LogP contribution in [0.2, 0.25) is 0 Å². The first-order valence-electron chi connectivity index (χ1n) is 7.77. The zero-order valence-electron chi connectivity index (χ0n) is 13.5. The number of urea groups is 1. The number of amides is 3. The minimum atomic E-state index is -0.483. The number of fused-ring (bicyclic) bond motifs is 3. The minimum absolute atomic E-state index is 0.0237. The maximum absolute atomic E-state index is 11.9. The summed E-state index contributed by atoms with van der Waals surface area (Å²) in [4.78, 5) is 28.1. The number of carbonyl (C=O) groups excluding carboxylic acids is 2. The lowest BCUT2D eigenvalue weighted by molar-refractivity contribution is -0.117. The van der Waals surface area contributed by atoms with Gasteiger partial charge in [-0.2, -0.15) is 5.10 Å². The first-order valence-corrected chi connectivity index (χ1v) is 8.75. The van der Waals surface area contributed by atoms with Crippen molar-refractivity contribution in [3.05, 3.63) is 29.8 Å². The number of benzene rings is 1. The molecule has 2 aliphatic rings. The maximum Gasteiger partial charge on any atom is 0.321 e. The van der Waals surface area contributed by atoms with Crippen molar-refractivity contribution >= 4 is 40.8 Å². The number of imide groups is 1. The zero-order chi connectivity index (χ0) is 17.1. The molecule has 0 radical (unpaired) electrons. The third-order valence-corrected chi connectivity index (χ3v) is 4.49. The van der Waals surface area contributed by atoms with E-state index in [0.717, 1.165) is 17.7 Å². The van der Waals surface area contributed by atoms with Gasteiger partial charge in [0, 0.05) is 24.2 Å². The summed E-state index contributed by atoms with van der Waals surface area (Å²) in [6.07, 6.45) is 2.68. The molecule has 3 rings (SSSR count). The molecule has 7 nitrogen and oxygen atoms in total. The first kappa shape index (κ1) is 16.5. The Balaban J connectivity index is 1.65. The van der Waals surface area contributed by atoms with E-state index >= 15 is 0 Å². The van der Waals surface area contributed by atoms with Crippen LogP contribution in [0.4, 0.5) is 10.5 Å².